The van der Waals surface area contributed by atoms with Gasteiger partial charge in [-0.1, -0.05) is 28.9 Å². The Bertz CT molecular complexity index is 901. The van der Waals surface area contributed by atoms with Crippen LogP contribution in [0, 0.1) is 0 Å². The highest BCUT2D eigenvalue weighted by atomic mass is 127. The molecule has 0 spiro atoms. The predicted octanol–water partition coefficient (Wildman–Crippen LogP) is 2.90. The van der Waals surface area contributed by atoms with E-state index in [1.807, 2.05) is 43.0 Å². The summed E-state index contributed by atoms with van der Waals surface area (Å²) in [7, 11) is 1.73. The van der Waals surface area contributed by atoms with Crippen molar-refractivity contribution < 1.29 is 14.1 Å². The molecule has 2 aromatic rings. The summed E-state index contributed by atoms with van der Waals surface area (Å²) in [4.78, 5) is 25.3. The summed E-state index contributed by atoms with van der Waals surface area (Å²) in [5.74, 6) is 1.84. The molecule has 1 amide bonds. The zero-order valence-corrected chi connectivity index (χ0v) is 21.7. The van der Waals surface area contributed by atoms with Crippen LogP contribution in [0.4, 0.5) is 0 Å². The first-order valence-electron chi connectivity index (χ1n) is 10.4. The molecule has 0 aliphatic carbocycles. The lowest BCUT2D eigenvalue weighted by Gasteiger charge is -2.36. The van der Waals surface area contributed by atoms with Crippen molar-refractivity contribution in [3.8, 4) is 0 Å². The van der Waals surface area contributed by atoms with Crippen LogP contribution in [0.1, 0.15) is 37.2 Å². The molecule has 1 unspecified atom stereocenters. The Morgan fingerprint density at radius 3 is 2.69 bits per heavy atom. The third-order valence-corrected chi connectivity index (χ3v) is 5.28. The SMILES string of the molecule is CCOC(C)c1noc(CNC(=NC)N2CCN(C(=O)Cc3cccc(Cl)c3)CC2)n1.I. The zero-order chi connectivity index (χ0) is 22.2. The molecule has 0 saturated carbocycles. The van der Waals surface area contributed by atoms with Crippen molar-refractivity contribution in [3.63, 3.8) is 0 Å². The lowest BCUT2D eigenvalue weighted by molar-refractivity contribution is -0.131. The maximum atomic E-state index is 12.6. The monoisotopic (exact) mass is 576 g/mol. The fourth-order valence-corrected chi connectivity index (χ4v) is 3.63. The highest BCUT2D eigenvalue weighted by molar-refractivity contribution is 14.0. The molecule has 32 heavy (non-hydrogen) atoms. The first kappa shape index (κ1) is 26.3. The number of nitrogens with one attached hydrogen (secondary N) is 1. The number of carbonyl (C=O) groups is 1. The van der Waals surface area contributed by atoms with Gasteiger partial charge >= 0.3 is 0 Å². The number of halogens is 2. The Labute approximate surface area is 210 Å². The third kappa shape index (κ3) is 7.31. The van der Waals surface area contributed by atoms with Crippen molar-refractivity contribution in [1.82, 2.24) is 25.3 Å². The largest absolute Gasteiger partial charge is 0.371 e. The molecule has 1 fully saturated rings. The van der Waals surface area contributed by atoms with Gasteiger partial charge in [-0.2, -0.15) is 4.98 Å². The standard InChI is InChI=1S/C21H29ClN6O3.HI/c1-4-30-15(2)20-25-18(31-26-20)14-24-21(23-3)28-10-8-27(9-11-28)19(29)13-16-6-5-7-17(22)12-16;/h5-7,12,15H,4,8-11,13-14H2,1-3H3,(H,23,24);1H. The van der Waals surface area contributed by atoms with Crippen LogP contribution in [0.2, 0.25) is 5.02 Å². The number of nitrogens with zero attached hydrogens (tertiary/aromatic N) is 5. The minimum Gasteiger partial charge on any atom is -0.371 e. The summed E-state index contributed by atoms with van der Waals surface area (Å²) in [6, 6.07) is 7.42. The number of benzene rings is 1. The molecular formula is C21H30ClIN6O3. The maximum Gasteiger partial charge on any atom is 0.246 e. The minimum absolute atomic E-state index is 0. The van der Waals surface area contributed by atoms with E-state index in [9.17, 15) is 4.79 Å². The van der Waals surface area contributed by atoms with Gasteiger partial charge in [-0.15, -0.1) is 24.0 Å². The van der Waals surface area contributed by atoms with Crippen LogP contribution in [0.15, 0.2) is 33.8 Å². The first-order valence-corrected chi connectivity index (χ1v) is 10.8. The number of carbonyl (C=O) groups excluding carboxylic acids is 1. The predicted molar refractivity (Wildman–Crippen MR) is 133 cm³/mol. The van der Waals surface area contributed by atoms with Gasteiger partial charge in [-0.05, 0) is 31.5 Å². The van der Waals surface area contributed by atoms with Crippen molar-refractivity contribution in [3.05, 3.63) is 46.6 Å². The summed E-state index contributed by atoms with van der Waals surface area (Å²) in [5, 5.41) is 7.86. The third-order valence-electron chi connectivity index (χ3n) is 5.05. The molecule has 1 saturated heterocycles. The van der Waals surface area contributed by atoms with Crippen LogP contribution in [-0.2, 0) is 22.5 Å². The van der Waals surface area contributed by atoms with Crippen LogP contribution in [0.3, 0.4) is 0 Å². The minimum atomic E-state index is -0.209. The molecular weight excluding hydrogens is 547 g/mol. The summed E-state index contributed by atoms with van der Waals surface area (Å²) in [5.41, 5.74) is 0.926. The Balaban J connectivity index is 0.00000363. The number of rotatable bonds is 7. The van der Waals surface area contributed by atoms with Gasteiger partial charge < -0.3 is 24.4 Å². The molecule has 9 nitrogen and oxygen atoms in total. The molecule has 1 aliphatic heterocycles. The smallest absolute Gasteiger partial charge is 0.246 e. The quantitative estimate of drug-likeness (QED) is 0.308. The highest BCUT2D eigenvalue weighted by Crippen LogP contribution is 2.14. The Morgan fingerprint density at radius 2 is 2.03 bits per heavy atom. The number of ether oxygens (including phenoxy) is 1. The molecule has 1 aromatic heterocycles. The number of amides is 1. The highest BCUT2D eigenvalue weighted by Gasteiger charge is 2.23. The average Bonchev–Trinajstić information content (AvgIpc) is 3.24. The van der Waals surface area contributed by atoms with E-state index in [1.165, 1.54) is 0 Å². The summed E-state index contributed by atoms with van der Waals surface area (Å²) in [6.45, 7) is 7.42. The summed E-state index contributed by atoms with van der Waals surface area (Å²) in [6.07, 6.45) is 0.145. The van der Waals surface area contributed by atoms with E-state index in [4.69, 9.17) is 20.9 Å². The van der Waals surface area contributed by atoms with Gasteiger partial charge in [0.15, 0.2) is 11.8 Å². The second-order valence-corrected chi connectivity index (χ2v) is 7.66. The Kier molecular flexibility index (Phi) is 10.7. The zero-order valence-electron chi connectivity index (χ0n) is 18.6. The molecule has 1 N–H and O–H groups in total. The van der Waals surface area contributed by atoms with Crippen molar-refractivity contribution >= 4 is 47.4 Å². The molecule has 0 radical (unpaired) electrons. The van der Waals surface area contributed by atoms with Gasteiger partial charge in [-0.3, -0.25) is 9.79 Å². The maximum absolute atomic E-state index is 12.6. The molecule has 2 heterocycles. The Hall–Kier alpha value is -1.92. The molecule has 3 rings (SSSR count). The van der Waals surface area contributed by atoms with E-state index in [-0.39, 0.29) is 36.0 Å². The number of guanidine groups is 1. The second-order valence-electron chi connectivity index (χ2n) is 7.22. The number of hydrogen-bond acceptors (Lipinski definition) is 6. The van der Waals surface area contributed by atoms with Crippen molar-refractivity contribution in [2.75, 3.05) is 39.8 Å². The summed E-state index contributed by atoms with van der Waals surface area (Å²) < 4.78 is 10.8. The Morgan fingerprint density at radius 1 is 1.31 bits per heavy atom. The van der Waals surface area contributed by atoms with E-state index >= 15 is 0 Å². The molecule has 1 aromatic carbocycles. The van der Waals surface area contributed by atoms with Crippen molar-refractivity contribution in [2.45, 2.75) is 32.9 Å². The normalized spacial score (nSPS) is 15.3. The fraction of sp³-hybridized carbons (Fsp3) is 0.524. The van der Waals surface area contributed by atoms with Crippen LogP contribution in [0.5, 0.6) is 0 Å². The van der Waals surface area contributed by atoms with Crippen LogP contribution >= 0.6 is 35.6 Å². The van der Waals surface area contributed by atoms with Crippen LogP contribution < -0.4 is 5.32 Å². The molecule has 1 atom stereocenters. The summed E-state index contributed by atoms with van der Waals surface area (Å²) >= 11 is 6.02. The second kappa shape index (κ2) is 12.9. The number of aromatic nitrogens is 2. The number of aliphatic imine (C=N–C) groups is 1. The van der Waals surface area contributed by atoms with Gasteiger partial charge in [-0.25, -0.2) is 0 Å². The molecule has 0 bridgehead atoms. The molecule has 1 aliphatic rings. The van der Waals surface area contributed by atoms with E-state index in [0.29, 0.717) is 62.5 Å². The first-order chi connectivity index (χ1) is 15.0. The van der Waals surface area contributed by atoms with Gasteiger partial charge in [0, 0.05) is 44.9 Å². The van der Waals surface area contributed by atoms with Gasteiger partial charge in [0.25, 0.3) is 0 Å². The van der Waals surface area contributed by atoms with E-state index < -0.39 is 0 Å². The van der Waals surface area contributed by atoms with Gasteiger partial charge in [0.05, 0.1) is 13.0 Å². The molecule has 176 valence electrons. The van der Waals surface area contributed by atoms with Crippen molar-refractivity contribution in [2.24, 2.45) is 4.99 Å². The van der Waals surface area contributed by atoms with Gasteiger partial charge in [0.2, 0.25) is 11.8 Å². The lowest BCUT2D eigenvalue weighted by atomic mass is 10.1. The number of hydrogen-bond donors (Lipinski definition) is 1. The van der Waals surface area contributed by atoms with Gasteiger partial charge in [0.1, 0.15) is 6.10 Å². The van der Waals surface area contributed by atoms with Crippen LogP contribution in [-0.4, -0.2) is 71.6 Å². The van der Waals surface area contributed by atoms with E-state index in [0.717, 1.165) is 11.5 Å². The van der Waals surface area contributed by atoms with Crippen molar-refractivity contribution in [1.29, 1.82) is 0 Å². The van der Waals surface area contributed by atoms with E-state index in [2.05, 4.69) is 25.3 Å². The fourth-order valence-electron chi connectivity index (χ4n) is 3.42. The lowest BCUT2D eigenvalue weighted by Crippen LogP contribution is -2.53. The molecule has 11 heteroatoms. The average molecular weight is 577 g/mol. The van der Waals surface area contributed by atoms with Crippen LogP contribution in [0.25, 0.3) is 0 Å². The van der Waals surface area contributed by atoms with E-state index in [1.54, 1.807) is 7.05 Å². The topological polar surface area (TPSA) is 96.1 Å². The number of piperazine rings is 1.